The molecule has 1 N–H and O–H groups in total. The van der Waals surface area contributed by atoms with Gasteiger partial charge in [-0.3, -0.25) is 4.98 Å². The van der Waals surface area contributed by atoms with Crippen LogP contribution in [0.5, 0.6) is 5.75 Å². The lowest BCUT2D eigenvalue weighted by Crippen LogP contribution is -2.18. The lowest BCUT2D eigenvalue weighted by atomic mass is 10.3. The third-order valence-electron chi connectivity index (χ3n) is 2.69. The van der Waals surface area contributed by atoms with E-state index in [0.29, 0.717) is 6.61 Å². The second kappa shape index (κ2) is 8.39. The number of hydrogen-bond donors (Lipinski definition) is 1. The second-order valence-corrected chi connectivity index (χ2v) is 6.04. The van der Waals surface area contributed by atoms with E-state index in [1.807, 2.05) is 36.4 Å². The van der Waals surface area contributed by atoms with E-state index in [-0.39, 0.29) is 0 Å². The van der Waals surface area contributed by atoms with Crippen molar-refractivity contribution in [1.29, 1.82) is 0 Å². The van der Waals surface area contributed by atoms with Gasteiger partial charge in [0.25, 0.3) is 0 Å². The van der Waals surface area contributed by atoms with E-state index < -0.39 is 0 Å². The molecule has 1 aromatic heterocycles. The Balaban J connectivity index is 1.62. The molecule has 0 fully saturated rings. The van der Waals surface area contributed by atoms with Gasteiger partial charge >= 0.3 is 0 Å². The van der Waals surface area contributed by atoms with Gasteiger partial charge in [-0.2, -0.15) is 0 Å². The molecule has 0 saturated carbocycles. The summed E-state index contributed by atoms with van der Waals surface area (Å²) < 4.78 is 7.62. The Morgan fingerprint density at radius 3 is 2.70 bits per heavy atom. The lowest BCUT2D eigenvalue weighted by molar-refractivity contribution is 0.308. The van der Waals surface area contributed by atoms with Crippen molar-refractivity contribution >= 4 is 31.9 Å². The summed E-state index contributed by atoms with van der Waals surface area (Å²) in [6, 6.07) is 11.9. The topological polar surface area (TPSA) is 34.2 Å². The van der Waals surface area contributed by atoms with Crippen molar-refractivity contribution in [3.8, 4) is 5.75 Å². The van der Waals surface area contributed by atoms with Gasteiger partial charge in [-0.1, -0.05) is 18.2 Å². The molecule has 0 unspecified atom stereocenters. The monoisotopic (exact) mass is 398 g/mol. The van der Waals surface area contributed by atoms with Gasteiger partial charge in [-0.05, 0) is 63.0 Å². The highest BCUT2D eigenvalue weighted by atomic mass is 79.9. The van der Waals surface area contributed by atoms with Gasteiger partial charge in [-0.15, -0.1) is 0 Å². The van der Waals surface area contributed by atoms with Gasteiger partial charge in [0.05, 0.1) is 12.3 Å². The van der Waals surface area contributed by atoms with E-state index in [0.717, 1.165) is 39.9 Å². The standard InChI is InChI=1S/C15H16Br2N2O/c16-12-9-14(17)15(19-10-12)11-18-7-4-8-20-13-5-2-1-3-6-13/h1-3,5-6,9-10,18H,4,7-8,11H2. The maximum absolute atomic E-state index is 5.63. The quantitative estimate of drug-likeness (QED) is 0.709. The highest BCUT2D eigenvalue weighted by molar-refractivity contribution is 9.11. The minimum Gasteiger partial charge on any atom is -0.494 e. The maximum Gasteiger partial charge on any atom is 0.119 e. The van der Waals surface area contributed by atoms with E-state index >= 15 is 0 Å². The zero-order chi connectivity index (χ0) is 14.2. The van der Waals surface area contributed by atoms with Crippen LogP contribution in [-0.2, 0) is 6.54 Å². The van der Waals surface area contributed by atoms with Crippen molar-refractivity contribution in [3.05, 3.63) is 57.2 Å². The van der Waals surface area contributed by atoms with Crippen LogP contribution in [0.25, 0.3) is 0 Å². The summed E-state index contributed by atoms with van der Waals surface area (Å²) in [5, 5.41) is 3.36. The number of nitrogens with zero attached hydrogens (tertiary/aromatic N) is 1. The molecule has 0 radical (unpaired) electrons. The normalized spacial score (nSPS) is 10.5. The Morgan fingerprint density at radius 1 is 1.15 bits per heavy atom. The fourth-order valence-corrected chi connectivity index (χ4v) is 2.81. The third-order valence-corrected chi connectivity index (χ3v) is 3.81. The molecule has 0 aliphatic rings. The number of aromatic nitrogens is 1. The van der Waals surface area contributed by atoms with Gasteiger partial charge in [0.1, 0.15) is 5.75 Å². The molecule has 2 aromatic rings. The van der Waals surface area contributed by atoms with Crippen LogP contribution >= 0.6 is 31.9 Å². The minimum absolute atomic E-state index is 0.714. The Labute approximate surface area is 136 Å². The number of pyridine rings is 1. The molecule has 20 heavy (non-hydrogen) atoms. The molecule has 0 aliphatic heterocycles. The highest BCUT2D eigenvalue weighted by Crippen LogP contribution is 2.19. The Bertz CT molecular complexity index is 535. The van der Waals surface area contributed by atoms with Crippen molar-refractivity contribution in [2.24, 2.45) is 0 Å². The van der Waals surface area contributed by atoms with Gasteiger partial charge in [0, 0.05) is 21.7 Å². The highest BCUT2D eigenvalue weighted by Gasteiger charge is 2.01. The molecule has 2 rings (SSSR count). The molecular formula is C15H16Br2N2O. The van der Waals surface area contributed by atoms with Gasteiger partial charge in [0.2, 0.25) is 0 Å². The van der Waals surface area contributed by atoms with Crippen LogP contribution < -0.4 is 10.1 Å². The summed E-state index contributed by atoms with van der Waals surface area (Å²) in [5.41, 5.74) is 1.01. The fraction of sp³-hybridized carbons (Fsp3) is 0.267. The third kappa shape index (κ3) is 5.23. The Morgan fingerprint density at radius 2 is 1.95 bits per heavy atom. The number of halogens is 2. The molecule has 106 valence electrons. The maximum atomic E-state index is 5.63. The molecule has 0 atom stereocenters. The smallest absolute Gasteiger partial charge is 0.119 e. The fourth-order valence-electron chi connectivity index (χ4n) is 1.68. The van der Waals surface area contributed by atoms with E-state index in [1.54, 1.807) is 6.20 Å². The predicted molar refractivity (Wildman–Crippen MR) is 87.9 cm³/mol. The van der Waals surface area contributed by atoms with Crippen molar-refractivity contribution in [2.45, 2.75) is 13.0 Å². The molecule has 3 nitrogen and oxygen atoms in total. The van der Waals surface area contributed by atoms with Crippen molar-refractivity contribution in [2.75, 3.05) is 13.2 Å². The largest absolute Gasteiger partial charge is 0.494 e. The molecule has 0 bridgehead atoms. The zero-order valence-corrected chi connectivity index (χ0v) is 14.2. The van der Waals surface area contributed by atoms with E-state index in [9.17, 15) is 0 Å². The van der Waals surface area contributed by atoms with Gasteiger partial charge < -0.3 is 10.1 Å². The first kappa shape index (κ1) is 15.5. The summed E-state index contributed by atoms with van der Waals surface area (Å²) >= 11 is 6.89. The molecule has 5 heteroatoms. The first-order valence-corrected chi connectivity index (χ1v) is 8.03. The molecule has 1 aromatic carbocycles. The van der Waals surface area contributed by atoms with Gasteiger partial charge in [-0.25, -0.2) is 0 Å². The summed E-state index contributed by atoms with van der Waals surface area (Å²) in [6.07, 6.45) is 2.77. The summed E-state index contributed by atoms with van der Waals surface area (Å²) in [5.74, 6) is 0.921. The number of benzene rings is 1. The van der Waals surface area contributed by atoms with Crippen molar-refractivity contribution in [3.63, 3.8) is 0 Å². The van der Waals surface area contributed by atoms with Crippen molar-refractivity contribution in [1.82, 2.24) is 10.3 Å². The first-order valence-electron chi connectivity index (χ1n) is 6.44. The van der Waals surface area contributed by atoms with Crippen LogP contribution in [0.15, 0.2) is 51.5 Å². The van der Waals surface area contributed by atoms with Crippen LogP contribution in [0.2, 0.25) is 0 Å². The molecule has 0 saturated heterocycles. The lowest BCUT2D eigenvalue weighted by Gasteiger charge is -2.08. The average Bonchev–Trinajstić information content (AvgIpc) is 2.46. The van der Waals surface area contributed by atoms with Crippen molar-refractivity contribution < 1.29 is 4.74 Å². The summed E-state index contributed by atoms with van der Waals surface area (Å²) in [7, 11) is 0. The van der Waals surface area contributed by atoms with E-state index in [1.165, 1.54) is 0 Å². The molecule has 0 aliphatic carbocycles. The summed E-state index contributed by atoms with van der Waals surface area (Å²) in [4.78, 5) is 4.36. The Hall–Kier alpha value is -0.910. The zero-order valence-electron chi connectivity index (χ0n) is 11.0. The number of ether oxygens (including phenoxy) is 1. The number of para-hydroxylation sites is 1. The van der Waals surface area contributed by atoms with Crippen LogP contribution in [0, 0.1) is 0 Å². The molecule has 0 amide bonds. The van der Waals surface area contributed by atoms with E-state index in [2.05, 4.69) is 42.2 Å². The molecule has 1 heterocycles. The number of hydrogen-bond acceptors (Lipinski definition) is 3. The average molecular weight is 400 g/mol. The Kier molecular flexibility index (Phi) is 6.50. The number of rotatable bonds is 7. The van der Waals surface area contributed by atoms with Crippen LogP contribution in [0.3, 0.4) is 0 Å². The predicted octanol–water partition coefficient (Wildman–Crippen LogP) is 4.17. The molecule has 0 spiro atoms. The van der Waals surface area contributed by atoms with Gasteiger partial charge in [0.15, 0.2) is 0 Å². The van der Waals surface area contributed by atoms with Crippen LogP contribution in [0.1, 0.15) is 12.1 Å². The van der Waals surface area contributed by atoms with E-state index in [4.69, 9.17) is 4.74 Å². The van der Waals surface area contributed by atoms with Crippen LogP contribution in [0.4, 0.5) is 0 Å². The SMILES string of the molecule is Brc1cnc(CNCCCOc2ccccc2)c(Br)c1. The minimum atomic E-state index is 0.714. The first-order chi connectivity index (χ1) is 9.75. The second-order valence-electron chi connectivity index (χ2n) is 4.27. The summed E-state index contributed by atoms with van der Waals surface area (Å²) in [6.45, 7) is 2.36. The molecular weight excluding hydrogens is 384 g/mol. The number of nitrogens with one attached hydrogen (secondary N) is 1. The van der Waals surface area contributed by atoms with Crippen LogP contribution in [-0.4, -0.2) is 18.1 Å².